The Labute approximate surface area is 220 Å². The summed E-state index contributed by atoms with van der Waals surface area (Å²) in [7, 11) is 0. The number of fused-ring (bicyclic) bond motifs is 1. The van der Waals surface area contributed by atoms with Crippen LogP contribution in [0.25, 0.3) is 0 Å². The number of hydrogen-bond acceptors (Lipinski definition) is 5. The van der Waals surface area contributed by atoms with Gasteiger partial charge in [0, 0.05) is 49.9 Å². The summed E-state index contributed by atoms with van der Waals surface area (Å²) in [5.41, 5.74) is 3.12. The molecule has 1 aromatic heterocycles. The number of rotatable bonds is 13. The average molecular weight is 508 g/mol. The molecule has 1 N–H and O–H groups in total. The van der Waals surface area contributed by atoms with Crippen molar-refractivity contribution in [2.75, 3.05) is 32.8 Å². The highest BCUT2D eigenvalue weighted by atomic mass is 16.5. The molecule has 37 heavy (non-hydrogen) atoms. The topological polar surface area (TPSA) is 83.0 Å². The molecule has 0 aliphatic carbocycles. The van der Waals surface area contributed by atoms with Crippen molar-refractivity contribution in [3.63, 3.8) is 0 Å². The fourth-order valence-electron chi connectivity index (χ4n) is 5.80. The van der Waals surface area contributed by atoms with Gasteiger partial charge in [0.2, 0.25) is 5.91 Å². The third-order valence-electron chi connectivity index (χ3n) is 7.85. The summed E-state index contributed by atoms with van der Waals surface area (Å²) in [6.45, 7) is 7.29. The largest absolute Gasteiger partial charge is 0.493 e. The van der Waals surface area contributed by atoms with Crippen LogP contribution in [0, 0.1) is 5.92 Å². The number of carboxylic acid groups (broad SMARTS) is 1. The number of aryl methyl sites for hydroxylation is 1. The molecule has 3 atom stereocenters. The lowest BCUT2D eigenvalue weighted by atomic mass is 9.83. The minimum Gasteiger partial charge on any atom is -0.493 e. The summed E-state index contributed by atoms with van der Waals surface area (Å²) < 4.78 is 5.68. The van der Waals surface area contributed by atoms with Crippen LogP contribution in [-0.2, 0) is 22.4 Å². The maximum atomic E-state index is 13.5. The summed E-state index contributed by atoms with van der Waals surface area (Å²) in [5.74, 6) is -0.551. The molecule has 3 heterocycles. The lowest BCUT2D eigenvalue weighted by molar-refractivity contribution is -0.143. The summed E-state index contributed by atoms with van der Waals surface area (Å²) in [5, 5.41) is 10.4. The van der Waals surface area contributed by atoms with Crippen molar-refractivity contribution in [3.8, 4) is 5.75 Å². The Morgan fingerprint density at radius 1 is 1.14 bits per heavy atom. The molecule has 1 aromatic carbocycles. The van der Waals surface area contributed by atoms with Gasteiger partial charge in [-0.05, 0) is 55.0 Å². The van der Waals surface area contributed by atoms with Gasteiger partial charge in [0.25, 0.3) is 0 Å². The van der Waals surface area contributed by atoms with Crippen LogP contribution in [0.15, 0.2) is 42.6 Å². The number of ether oxygens (including phenoxy) is 1. The zero-order valence-corrected chi connectivity index (χ0v) is 22.3. The number of aliphatic carboxylic acids is 1. The van der Waals surface area contributed by atoms with E-state index < -0.39 is 11.9 Å². The van der Waals surface area contributed by atoms with Crippen molar-refractivity contribution < 1.29 is 19.4 Å². The predicted octanol–water partition coefficient (Wildman–Crippen LogP) is 4.55. The number of amides is 1. The van der Waals surface area contributed by atoms with Gasteiger partial charge in [0.05, 0.1) is 19.1 Å². The number of hydrogen-bond donors (Lipinski definition) is 1. The van der Waals surface area contributed by atoms with E-state index in [1.165, 1.54) is 0 Å². The van der Waals surface area contributed by atoms with Crippen molar-refractivity contribution in [2.45, 2.75) is 70.8 Å². The second kappa shape index (κ2) is 13.0. The molecule has 1 amide bonds. The minimum atomic E-state index is -0.795. The minimum absolute atomic E-state index is 0.108. The summed E-state index contributed by atoms with van der Waals surface area (Å²) in [6, 6.07) is 11.7. The summed E-state index contributed by atoms with van der Waals surface area (Å²) >= 11 is 0. The monoisotopic (exact) mass is 507 g/mol. The smallest absolute Gasteiger partial charge is 0.308 e. The fourth-order valence-corrected chi connectivity index (χ4v) is 5.80. The van der Waals surface area contributed by atoms with E-state index in [0.717, 1.165) is 67.8 Å². The van der Waals surface area contributed by atoms with Crippen LogP contribution < -0.4 is 4.74 Å². The van der Waals surface area contributed by atoms with Crippen molar-refractivity contribution in [2.24, 2.45) is 5.92 Å². The first-order valence-corrected chi connectivity index (χ1v) is 13.9. The van der Waals surface area contributed by atoms with E-state index in [4.69, 9.17) is 4.74 Å². The molecule has 2 aromatic rings. The van der Waals surface area contributed by atoms with E-state index in [2.05, 4.69) is 29.8 Å². The number of aromatic nitrogens is 1. The Balaban J connectivity index is 1.59. The zero-order chi connectivity index (χ0) is 26.2. The molecule has 2 aliphatic heterocycles. The van der Waals surface area contributed by atoms with Crippen LogP contribution in [0.1, 0.15) is 68.7 Å². The Morgan fingerprint density at radius 3 is 2.59 bits per heavy atom. The van der Waals surface area contributed by atoms with E-state index in [-0.39, 0.29) is 24.4 Å². The highest BCUT2D eigenvalue weighted by Crippen LogP contribution is 2.41. The number of benzene rings is 1. The molecular weight excluding hydrogens is 466 g/mol. The Hall–Kier alpha value is -2.93. The van der Waals surface area contributed by atoms with Gasteiger partial charge in [-0.15, -0.1) is 0 Å². The van der Waals surface area contributed by atoms with E-state index >= 15 is 0 Å². The van der Waals surface area contributed by atoms with E-state index in [1.54, 1.807) is 6.20 Å². The molecule has 0 radical (unpaired) electrons. The second-order valence-corrected chi connectivity index (χ2v) is 10.4. The Morgan fingerprint density at radius 2 is 1.92 bits per heavy atom. The SMILES string of the molecule is CCCCN(CCCC)C(=O)CN1C[C@H](c2ccc3c(c2)CCO3)[C@@H](C(=O)O)[C@@H]1CCc1ccccn1. The molecule has 0 unspecified atom stereocenters. The first kappa shape index (κ1) is 27.1. The van der Waals surface area contributed by atoms with Gasteiger partial charge >= 0.3 is 5.97 Å². The molecule has 0 spiro atoms. The molecule has 0 saturated carbocycles. The van der Waals surface area contributed by atoms with Gasteiger partial charge in [-0.1, -0.05) is 44.9 Å². The van der Waals surface area contributed by atoms with Crippen LogP contribution in [0.5, 0.6) is 5.75 Å². The van der Waals surface area contributed by atoms with Crippen LogP contribution >= 0.6 is 0 Å². The van der Waals surface area contributed by atoms with Gasteiger partial charge in [-0.3, -0.25) is 19.5 Å². The van der Waals surface area contributed by atoms with Crippen molar-refractivity contribution >= 4 is 11.9 Å². The molecule has 1 saturated heterocycles. The van der Waals surface area contributed by atoms with E-state index in [9.17, 15) is 14.7 Å². The van der Waals surface area contributed by atoms with Gasteiger partial charge in [-0.2, -0.15) is 0 Å². The van der Waals surface area contributed by atoms with Gasteiger partial charge < -0.3 is 14.7 Å². The molecular formula is C30H41N3O4. The molecule has 200 valence electrons. The first-order chi connectivity index (χ1) is 18.0. The molecule has 2 aliphatic rings. The number of unbranched alkanes of at least 4 members (excludes halogenated alkanes) is 2. The van der Waals surface area contributed by atoms with Crippen molar-refractivity contribution in [1.82, 2.24) is 14.8 Å². The Kier molecular flexibility index (Phi) is 9.56. The molecule has 7 heteroatoms. The fraction of sp³-hybridized carbons (Fsp3) is 0.567. The van der Waals surface area contributed by atoms with Gasteiger partial charge in [0.1, 0.15) is 5.75 Å². The van der Waals surface area contributed by atoms with Crippen LogP contribution in [-0.4, -0.2) is 70.6 Å². The number of carbonyl (C=O) groups is 2. The van der Waals surface area contributed by atoms with Crippen molar-refractivity contribution in [3.05, 3.63) is 59.4 Å². The third kappa shape index (κ3) is 6.69. The van der Waals surface area contributed by atoms with Gasteiger partial charge in [0.15, 0.2) is 0 Å². The number of likely N-dealkylation sites (tertiary alicyclic amines) is 1. The quantitative estimate of drug-likeness (QED) is 0.428. The van der Waals surface area contributed by atoms with Crippen LogP contribution in [0.3, 0.4) is 0 Å². The zero-order valence-electron chi connectivity index (χ0n) is 22.3. The molecule has 1 fully saturated rings. The second-order valence-electron chi connectivity index (χ2n) is 10.4. The van der Waals surface area contributed by atoms with E-state index in [1.807, 2.05) is 35.2 Å². The summed E-state index contributed by atoms with van der Waals surface area (Å²) in [6.07, 6.45) is 7.99. The maximum Gasteiger partial charge on any atom is 0.308 e. The normalized spacial score (nSPS) is 21.0. The van der Waals surface area contributed by atoms with Crippen LogP contribution in [0.2, 0.25) is 0 Å². The standard InChI is InChI=1S/C30H41N3O4/c1-3-5-16-32(17-6-4-2)28(34)21-33-20-25(22-10-13-27-23(19-22)14-18-37-27)29(30(35)36)26(33)12-11-24-9-7-8-15-31-24/h7-10,13,15,19,25-26,29H,3-6,11-12,14,16-18,20-21H2,1-2H3,(H,35,36)/t25-,26+,29-/m1/s1. The lowest BCUT2D eigenvalue weighted by Crippen LogP contribution is -2.44. The maximum absolute atomic E-state index is 13.5. The first-order valence-electron chi connectivity index (χ1n) is 13.9. The third-order valence-corrected chi connectivity index (χ3v) is 7.85. The number of pyridine rings is 1. The van der Waals surface area contributed by atoms with Crippen LogP contribution in [0.4, 0.5) is 0 Å². The number of carboxylic acids is 1. The highest BCUT2D eigenvalue weighted by molar-refractivity contribution is 5.79. The molecule has 4 rings (SSSR count). The Bertz CT molecular complexity index is 1040. The molecule has 0 bridgehead atoms. The van der Waals surface area contributed by atoms with Gasteiger partial charge in [-0.25, -0.2) is 0 Å². The van der Waals surface area contributed by atoms with Crippen molar-refractivity contribution in [1.29, 1.82) is 0 Å². The highest BCUT2D eigenvalue weighted by Gasteiger charge is 2.47. The lowest BCUT2D eigenvalue weighted by Gasteiger charge is -2.29. The summed E-state index contributed by atoms with van der Waals surface area (Å²) in [4.78, 5) is 34.8. The molecule has 7 nitrogen and oxygen atoms in total. The average Bonchev–Trinajstić information content (AvgIpc) is 3.52. The predicted molar refractivity (Wildman–Crippen MR) is 144 cm³/mol. The number of carbonyl (C=O) groups excluding carboxylic acids is 1. The van der Waals surface area contributed by atoms with E-state index in [0.29, 0.717) is 26.0 Å². The number of nitrogens with zero attached hydrogens (tertiary/aromatic N) is 3.